The molecule has 5 heterocycles. The summed E-state index contributed by atoms with van der Waals surface area (Å²) in [7, 11) is 0. The fourth-order valence-corrected chi connectivity index (χ4v) is 5.60. The van der Waals surface area contributed by atoms with E-state index < -0.39 is 42.0 Å². The number of aromatic nitrogens is 5. The number of carboxylic acids is 1. The molecule has 0 aliphatic heterocycles. The van der Waals surface area contributed by atoms with Crippen molar-refractivity contribution in [2.45, 2.75) is 58.3 Å². The van der Waals surface area contributed by atoms with Gasteiger partial charge in [0.15, 0.2) is 22.8 Å². The summed E-state index contributed by atoms with van der Waals surface area (Å²) < 4.78 is 22.7. The van der Waals surface area contributed by atoms with E-state index in [1.54, 1.807) is 36.6 Å². The fourth-order valence-electron chi connectivity index (χ4n) is 4.86. The minimum Gasteiger partial charge on any atom is -0.480 e. The van der Waals surface area contributed by atoms with Crippen molar-refractivity contribution in [1.82, 2.24) is 35.6 Å². The van der Waals surface area contributed by atoms with Crippen LogP contribution >= 0.6 is 11.3 Å². The van der Waals surface area contributed by atoms with Crippen molar-refractivity contribution in [2.24, 2.45) is 11.7 Å². The summed E-state index contributed by atoms with van der Waals surface area (Å²) in [6, 6.07) is 5.85. The van der Waals surface area contributed by atoms with Gasteiger partial charge in [-0.1, -0.05) is 50.6 Å². The number of carboxylic acid groups (broad SMARTS) is 1. The van der Waals surface area contributed by atoms with Gasteiger partial charge in [0, 0.05) is 10.9 Å². The first-order valence-electron chi connectivity index (χ1n) is 16.1. The first-order chi connectivity index (χ1) is 24.9. The number of aliphatic carboxylic acids is 1. The summed E-state index contributed by atoms with van der Waals surface area (Å²) in [6.45, 7) is 6.49. The molecule has 5 atom stereocenters. The van der Waals surface area contributed by atoms with E-state index in [2.05, 4.69) is 35.6 Å². The van der Waals surface area contributed by atoms with Crippen LogP contribution in [-0.2, 0) is 9.59 Å². The molecule has 0 saturated heterocycles. The topological polar surface area (TPSA) is 259 Å². The van der Waals surface area contributed by atoms with Crippen molar-refractivity contribution in [3.63, 3.8) is 0 Å². The third-order valence-corrected chi connectivity index (χ3v) is 8.97. The molecule has 0 radical (unpaired) electrons. The van der Waals surface area contributed by atoms with Crippen LogP contribution < -0.4 is 16.4 Å². The molecule has 0 spiro atoms. The normalized spacial score (nSPS) is 14.3. The second kappa shape index (κ2) is 15.1. The molecule has 6 N–H and O–H groups in total. The highest BCUT2D eigenvalue weighted by molar-refractivity contribution is 7.13. The van der Waals surface area contributed by atoms with Gasteiger partial charge in [-0.15, -0.1) is 11.3 Å². The molecule has 17 nitrogen and oxygen atoms in total. The van der Waals surface area contributed by atoms with Crippen LogP contribution in [0.5, 0.6) is 0 Å². The lowest BCUT2D eigenvalue weighted by Crippen LogP contribution is -2.53. The number of oxazole rings is 4. The lowest BCUT2D eigenvalue weighted by Gasteiger charge is -2.24. The van der Waals surface area contributed by atoms with E-state index in [0.29, 0.717) is 28.4 Å². The Morgan fingerprint density at radius 2 is 1.50 bits per heavy atom. The molecule has 0 aliphatic rings. The first kappa shape index (κ1) is 35.8. The minimum atomic E-state index is -1.20. The maximum absolute atomic E-state index is 13.7. The van der Waals surface area contributed by atoms with Crippen LogP contribution in [-0.4, -0.2) is 71.1 Å². The summed E-state index contributed by atoms with van der Waals surface area (Å²) in [6.07, 6.45) is 3.71. The number of carbonyl (C=O) groups excluding carboxylic acids is 2. The number of carbonyl (C=O) groups is 3. The van der Waals surface area contributed by atoms with Crippen LogP contribution in [0.2, 0.25) is 0 Å². The smallest absolute Gasteiger partial charge is 0.325 e. The third-order valence-electron chi connectivity index (χ3n) is 8.11. The molecule has 0 saturated carbocycles. The number of hydrogen-bond donors (Lipinski definition) is 5. The number of amides is 2. The molecule has 6 rings (SSSR count). The molecular formula is C34H34N8O9S. The van der Waals surface area contributed by atoms with Crippen molar-refractivity contribution in [3.8, 4) is 56.8 Å². The number of nitrogens with two attached hydrogens (primary N) is 1. The van der Waals surface area contributed by atoms with Gasteiger partial charge in [-0.3, -0.25) is 14.4 Å². The van der Waals surface area contributed by atoms with E-state index in [4.69, 9.17) is 23.4 Å². The van der Waals surface area contributed by atoms with E-state index in [9.17, 15) is 24.6 Å². The summed E-state index contributed by atoms with van der Waals surface area (Å²) in [5.41, 5.74) is 7.61. The van der Waals surface area contributed by atoms with E-state index in [-0.39, 0.29) is 52.3 Å². The van der Waals surface area contributed by atoms with Gasteiger partial charge in [0.1, 0.15) is 53.3 Å². The molecule has 52 heavy (non-hydrogen) atoms. The summed E-state index contributed by atoms with van der Waals surface area (Å²) in [5, 5.41) is 26.3. The SMILES string of the molecule is CC[C@H](C)[C@@H](NC(=O)c1nc(-c2csc(-c3coc(-c4coc(-c5coc([C@@H](N)[C@@H](C)O)n5)n4)n3)n2)oc1-c1ccccc1)C(=O)N[C@@H](C)C(=O)O. The van der Waals surface area contributed by atoms with Gasteiger partial charge in [-0.2, -0.15) is 0 Å². The third kappa shape index (κ3) is 7.53. The highest BCUT2D eigenvalue weighted by Gasteiger charge is 2.32. The van der Waals surface area contributed by atoms with Crippen molar-refractivity contribution >= 4 is 29.1 Å². The van der Waals surface area contributed by atoms with E-state index in [0.717, 1.165) is 0 Å². The maximum Gasteiger partial charge on any atom is 0.325 e. The lowest BCUT2D eigenvalue weighted by molar-refractivity contribution is -0.141. The number of aliphatic hydroxyl groups is 1. The number of nitrogens with one attached hydrogen (secondary N) is 2. The van der Waals surface area contributed by atoms with Gasteiger partial charge >= 0.3 is 5.97 Å². The van der Waals surface area contributed by atoms with Crippen LogP contribution in [0.25, 0.3) is 56.8 Å². The first-order valence-corrected chi connectivity index (χ1v) is 17.0. The van der Waals surface area contributed by atoms with Gasteiger partial charge in [-0.05, 0) is 19.8 Å². The average molecular weight is 731 g/mol. The Balaban J connectivity index is 1.24. The molecular weight excluding hydrogens is 696 g/mol. The van der Waals surface area contributed by atoms with Crippen molar-refractivity contribution in [3.05, 3.63) is 66.1 Å². The Labute approximate surface area is 299 Å². The zero-order valence-corrected chi connectivity index (χ0v) is 29.1. The number of hydrogen-bond acceptors (Lipinski definition) is 15. The summed E-state index contributed by atoms with van der Waals surface area (Å²) >= 11 is 1.23. The molecule has 18 heteroatoms. The Morgan fingerprint density at radius 1 is 0.846 bits per heavy atom. The van der Waals surface area contributed by atoms with E-state index in [1.165, 1.54) is 44.0 Å². The highest BCUT2D eigenvalue weighted by atomic mass is 32.1. The zero-order valence-electron chi connectivity index (χ0n) is 28.3. The van der Waals surface area contributed by atoms with Gasteiger partial charge in [0.2, 0.25) is 29.5 Å². The van der Waals surface area contributed by atoms with Gasteiger partial charge in [0.25, 0.3) is 5.91 Å². The number of aliphatic hydroxyl groups excluding tert-OH is 1. The molecule has 0 aliphatic carbocycles. The number of benzene rings is 1. The number of nitrogens with zero attached hydrogens (tertiary/aromatic N) is 5. The molecule has 1 aromatic carbocycles. The van der Waals surface area contributed by atoms with Crippen LogP contribution in [0.1, 0.15) is 56.5 Å². The maximum atomic E-state index is 13.7. The van der Waals surface area contributed by atoms with Gasteiger partial charge in [-0.25, -0.2) is 24.9 Å². The Morgan fingerprint density at radius 3 is 2.17 bits per heavy atom. The Kier molecular flexibility index (Phi) is 10.4. The standard InChI is InChI=1S/C34H34N8O9S/c1-5-15(2)24(27(44)36-16(3)34(46)47)41-28(45)25-26(18-9-7-6-8-10-18)51-31(42-25)22-14-52-33(40-22)21-13-49-30(39-21)19-11-48-29(37-19)20-12-50-32(38-20)23(35)17(4)43/h6-17,23-24,43H,5,35H2,1-4H3,(H,36,44)(H,41,45)(H,46,47)/t15-,16-,17+,23-,24+/m0/s1. The molecule has 0 bridgehead atoms. The molecule has 270 valence electrons. The van der Waals surface area contributed by atoms with Gasteiger partial charge in [0.05, 0.1) is 6.10 Å². The largest absolute Gasteiger partial charge is 0.480 e. The average Bonchev–Trinajstić information content (AvgIpc) is 3.98. The minimum absolute atomic E-state index is 0.0442. The second-order valence-corrected chi connectivity index (χ2v) is 12.8. The molecule has 0 fully saturated rings. The van der Waals surface area contributed by atoms with Crippen LogP contribution in [0.4, 0.5) is 0 Å². The number of thiazole rings is 1. The fraction of sp³-hybridized carbons (Fsp3) is 0.294. The molecule has 0 unspecified atom stereocenters. The number of rotatable bonds is 14. The lowest BCUT2D eigenvalue weighted by atomic mass is 9.97. The van der Waals surface area contributed by atoms with Crippen molar-refractivity contribution in [1.29, 1.82) is 0 Å². The van der Waals surface area contributed by atoms with E-state index >= 15 is 0 Å². The van der Waals surface area contributed by atoms with Gasteiger partial charge < -0.3 is 44.2 Å². The Bertz CT molecular complexity index is 2180. The summed E-state index contributed by atoms with van der Waals surface area (Å²) in [5.74, 6) is -2.26. The summed E-state index contributed by atoms with van der Waals surface area (Å²) in [4.78, 5) is 60.4. The van der Waals surface area contributed by atoms with Crippen LogP contribution in [0.15, 0.2) is 72.2 Å². The van der Waals surface area contributed by atoms with Crippen molar-refractivity contribution in [2.75, 3.05) is 0 Å². The zero-order chi connectivity index (χ0) is 37.1. The monoisotopic (exact) mass is 730 g/mol. The van der Waals surface area contributed by atoms with E-state index in [1.807, 2.05) is 13.0 Å². The van der Waals surface area contributed by atoms with Crippen molar-refractivity contribution < 1.29 is 42.3 Å². The second-order valence-electron chi connectivity index (χ2n) is 11.9. The molecule has 2 amide bonds. The van der Waals surface area contributed by atoms with Crippen LogP contribution in [0.3, 0.4) is 0 Å². The predicted octanol–water partition coefficient (Wildman–Crippen LogP) is 4.54. The predicted molar refractivity (Wildman–Crippen MR) is 184 cm³/mol. The quantitative estimate of drug-likeness (QED) is 0.103. The van der Waals surface area contributed by atoms with Crippen LogP contribution in [0, 0.1) is 5.92 Å². The Hall–Kier alpha value is -5.98. The molecule has 5 aromatic heterocycles. The molecule has 6 aromatic rings. The highest BCUT2D eigenvalue weighted by Crippen LogP contribution is 2.34.